The first-order valence-corrected chi connectivity index (χ1v) is 9.83. The molecule has 31 heavy (non-hydrogen) atoms. The first-order chi connectivity index (χ1) is 15.3. The molecule has 0 saturated heterocycles. The fraction of sp³-hybridized carbons (Fsp3) is 0.0370. The summed E-state index contributed by atoms with van der Waals surface area (Å²) < 4.78 is 11.9. The minimum Gasteiger partial charge on any atom is -0.457 e. The molecule has 0 amide bonds. The third-order valence-electron chi connectivity index (χ3n) is 4.87. The highest BCUT2D eigenvalue weighted by molar-refractivity contribution is 5.81. The lowest BCUT2D eigenvalue weighted by atomic mass is 10.0. The summed E-state index contributed by atoms with van der Waals surface area (Å²) in [6, 6.07) is 30.0. The van der Waals surface area contributed by atoms with Crippen molar-refractivity contribution < 1.29 is 19.1 Å². The van der Waals surface area contributed by atoms with Gasteiger partial charge in [-0.15, -0.1) is 0 Å². The van der Waals surface area contributed by atoms with Gasteiger partial charge in [0.25, 0.3) is 0 Å². The van der Waals surface area contributed by atoms with Crippen molar-refractivity contribution in [2.75, 3.05) is 6.79 Å². The van der Waals surface area contributed by atoms with E-state index >= 15 is 0 Å². The fourth-order valence-electron chi connectivity index (χ4n) is 3.38. The molecule has 4 rings (SSSR count). The second-order valence-electron chi connectivity index (χ2n) is 6.89. The Labute approximate surface area is 180 Å². The highest BCUT2D eigenvalue weighted by Gasteiger charge is 2.09. The maximum absolute atomic E-state index is 11.1. The van der Waals surface area contributed by atoms with E-state index in [1.54, 1.807) is 12.1 Å². The van der Waals surface area contributed by atoms with Gasteiger partial charge < -0.3 is 9.47 Å². The van der Waals surface area contributed by atoms with E-state index in [-0.39, 0.29) is 6.79 Å². The van der Waals surface area contributed by atoms with Crippen molar-refractivity contribution in [1.82, 2.24) is 0 Å². The maximum atomic E-state index is 11.1. The lowest BCUT2D eigenvalue weighted by Gasteiger charge is -2.15. The molecule has 4 aromatic carbocycles. The molecule has 0 aromatic heterocycles. The van der Waals surface area contributed by atoms with Crippen LogP contribution in [0.3, 0.4) is 0 Å². The van der Waals surface area contributed by atoms with E-state index in [2.05, 4.69) is 0 Å². The third-order valence-corrected chi connectivity index (χ3v) is 4.87. The molecule has 0 spiro atoms. The minimum atomic E-state index is 0.00870. The van der Waals surface area contributed by atoms with Gasteiger partial charge in [0.05, 0.1) is 0 Å². The smallest absolute Gasteiger partial charge is 0.230 e. The molecule has 152 valence electrons. The highest BCUT2D eigenvalue weighted by atomic mass is 16.7. The number of hydrogen-bond donors (Lipinski definition) is 0. The van der Waals surface area contributed by atoms with Crippen LogP contribution in [0.2, 0.25) is 0 Å². The Kier molecular flexibility index (Phi) is 6.19. The highest BCUT2D eigenvalue weighted by Crippen LogP contribution is 2.32. The van der Waals surface area contributed by atoms with Crippen LogP contribution in [-0.2, 0) is 0 Å². The topological polar surface area (TPSA) is 52.6 Å². The number of aldehydes is 2. The summed E-state index contributed by atoms with van der Waals surface area (Å²) in [5, 5.41) is 0. The van der Waals surface area contributed by atoms with Crippen LogP contribution < -0.4 is 9.47 Å². The summed E-state index contributed by atoms with van der Waals surface area (Å²) in [5.41, 5.74) is 4.76. The molecule has 0 heterocycles. The fourth-order valence-corrected chi connectivity index (χ4v) is 3.38. The lowest BCUT2D eigenvalue weighted by Crippen LogP contribution is -2.07. The molecular weight excluding hydrogens is 388 g/mol. The van der Waals surface area contributed by atoms with E-state index in [0.29, 0.717) is 22.6 Å². The molecule has 0 aliphatic carbocycles. The van der Waals surface area contributed by atoms with Gasteiger partial charge in [0.15, 0.2) is 0 Å². The predicted molar refractivity (Wildman–Crippen MR) is 121 cm³/mol. The molecule has 0 N–H and O–H groups in total. The average Bonchev–Trinajstić information content (AvgIpc) is 2.84. The normalized spacial score (nSPS) is 10.3. The molecule has 0 fully saturated rings. The number of ether oxygens (including phenoxy) is 2. The quantitative estimate of drug-likeness (QED) is 0.263. The molecule has 4 nitrogen and oxygen atoms in total. The number of carbonyl (C=O) groups is 2. The second kappa shape index (κ2) is 9.55. The molecule has 0 saturated carbocycles. The predicted octanol–water partition coefficient (Wildman–Crippen LogP) is 6.06. The van der Waals surface area contributed by atoms with Crippen molar-refractivity contribution in [1.29, 1.82) is 0 Å². The largest absolute Gasteiger partial charge is 0.457 e. The monoisotopic (exact) mass is 408 g/mol. The van der Waals surface area contributed by atoms with E-state index in [1.165, 1.54) is 0 Å². The molecule has 0 aliphatic rings. The van der Waals surface area contributed by atoms with Crippen molar-refractivity contribution in [2.24, 2.45) is 0 Å². The number of rotatable bonds is 8. The van der Waals surface area contributed by atoms with Crippen molar-refractivity contribution >= 4 is 12.6 Å². The van der Waals surface area contributed by atoms with Gasteiger partial charge in [0, 0.05) is 22.3 Å². The summed E-state index contributed by atoms with van der Waals surface area (Å²) in [7, 11) is 0. The minimum absolute atomic E-state index is 0.00870. The summed E-state index contributed by atoms with van der Waals surface area (Å²) >= 11 is 0. The standard InChI is InChI=1S/C27H20O4/c28-17-20-7-5-9-22(15-20)24-11-1-3-13-26(24)30-19-31-27-14-4-2-12-25(27)23-10-6-8-21(16-23)18-29/h1-18H,19H2. The van der Waals surface area contributed by atoms with Gasteiger partial charge in [-0.3, -0.25) is 9.59 Å². The zero-order valence-electron chi connectivity index (χ0n) is 16.7. The first-order valence-electron chi connectivity index (χ1n) is 9.83. The van der Waals surface area contributed by atoms with Crippen LogP contribution in [0.4, 0.5) is 0 Å². The van der Waals surface area contributed by atoms with Gasteiger partial charge in [-0.05, 0) is 35.4 Å². The van der Waals surface area contributed by atoms with Crippen molar-refractivity contribution in [3.8, 4) is 33.8 Å². The van der Waals surface area contributed by atoms with E-state index in [4.69, 9.17) is 9.47 Å². The Hall–Kier alpha value is -4.18. The van der Waals surface area contributed by atoms with Gasteiger partial charge >= 0.3 is 0 Å². The lowest BCUT2D eigenvalue weighted by molar-refractivity contribution is 0.111. The van der Waals surface area contributed by atoms with Crippen molar-refractivity contribution in [2.45, 2.75) is 0 Å². The van der Waals surface area contributed by atoms with Gasteiger partial charge in [0.1, 0.15) is 24.1 Å². The Morgan fingerprint density at radius 3 is 1.45 bits per heavy atom. The Morgan fingerprint density at radius 1 is 0.548 bits per heavy atom. The van der Waals surface area contributed by atoms with Crippen molar-refractivity contribution in [3.05, 3.63) is 108 Å². The number of benzene rings is 4. The van der Waals surface area contributed by atoms with E-state index < -0.39 is 0 Å². The van der Waals surface area contributed by atoms with E-state index in [9.17, 15) is 9.59 Å². The summed E-state index contributed by atoms with van der Waals surface area (Å²) in [5.74, 6) is 1.32. The second-order valence-corrected chi connectivity index (χ2v) is 6.89. The molecule has 4 heteroatoms. The van der Waals surface area contributed by atoms with E-state index in [1.807, 2.05) is 84.9 Å². The van der Waals surface area contributed by atoms with Crippen LogP contribution in [-0.4, -0.2) is 19.4 Å². The Morgan fingerprint density at radius 2 is 1.00 bits per heavy atom. The number of hydrogen-bond acceptors (Lipinski definition) is 4. The van der Waals surface area contributed by atoms with Crippen LogP contribution in [0.15, 0.2) is 97.1 Å². The van der Waals surface area contributed by atoms with Gasteiger partial charge in [-0.25, -0.2) is 0 Å². The molecule has 4 aromatic rings. The maximum Gasteiger partial charge on any atom is 0.230 e. The van der Waals surface area contributed by atoms with Crippen LogP contribution in [0.1, 0.15) is 20.7 Å². The Bertz CT molecular complexity index is 1120. The summed E-state index contributed by atoms with van der Waals surface area (Å²) in [4.78, 5) is 22.2. The van der Waals surface area contributed by atoms with Gasteiger partial charge in [0.2, 0.25) is 6.79 Å². The number of carbonyl (C=O) groups excluding carboxylic acids is 2. The number of para-hydroxylation sites is 2. The molecule has 0 radical (unpaired) electrons. The molecular formula is C27H20O4. The van der Waals surface area contributed by atoms with Gasteiger partial charge in [-0.2, -0.15) is 0 Å². The van der Waals surface area contributed by atoms with Crippen molar-refractivity contribution in [3.63, 3.8) is 0 Å². The van der Waals surface area contributed by atoms with Crippen LogP contribution in [0.5, 0.6) is 11.5 Å². The van der Waals surface area contributed by atoms with E-state index in [0.717, 1.165) is 34.8 Å². The van der Waals surface area contributed by atoms with Gasteiger partial charge in [-0.1, -0.05) is 72.8 Å². The molecule has 0 atom stereocenters. The molecule has 0 bridgehead atoms. The average molecular weight is 408 g/mol. The van der Waals surface area contributed by atoms with Crippen LogP contribution >= 0.6 is 0 Å². The zero-order valence-corrected chi connectivity index (χ0v) is 16.7. The third kappa shape index (κ3) is 4.70. The summed E-state index contributed by atoms with van der Waals surface area (Å²) in [6.45, 7) is 0.00870. The zero-order chi connectivity index (χ0) is 21.5. The molecule has 0 unspecified atom stereocenters. The van der Waals surface area contributed by atoms with Crippen LogP contribution in [0, 0.1) is 0 Å². The van der Waals surface area contributed by atoms with Crippen LogP contribution in [0.25, 0.3) is 22.3 Å². The Balaban J connectivity index is 1.54. The molecule has 0 aliphatic heterocycles. The first kappa shape index (κ1) is 20.1. The summed E-state index contributed by atoms with van der Waals surface area (Å²) in [6.07, 6.45) is 1.65. The SMILES string of the molecule is O=Cc1cccc(-c2ccccc2OCOc2ccccc2-c2cccc(C=O)c2)c1.